The largest absolute Gasteiger partial charge is 0.307 e. The quantitative estimate of drug-likeness (QED) is 0.859. The van der Waals surface area contributed by atoms with Gasteiger partial charge in [0.2, 0.25) is 0 Å². The highest BCUT2D eigenvalue weighted by molar-refractivity contribution is 7.84. The van der Waals surface area contributed by atoms with Gasteiger partial charge < -0.3 is 5.32 Å². The zero-order chi connectivity index (χ0) is 12.1. The Morgan fingerprint density at radius 1 is 1.44 bits per heavy atom. The van der Waals surface area contributed by atoms with E-state index < -0.39 is 10.8 Å². The molecular formula is C12H18FNOS. The van der Waals surface area contributed by atoms with E-state index in [9.17, 15) is 8.60 Å². The Morgan fingerprint density at radius 2 is 2.12 bits per heavy atom. The second-order valence-electron chi connectivity index (χ2n) is 4.08. The van der Waals surface area contributed by atoms with Crippen molar-refractivity contribution in [2.75, 3.05) is 12.0 Å². The first-order valence-corrected chi connectivity index (χ1v) is 7.03. The van der Waals surface area contributed by atoms with Crippen LogP contribution < -0.4 is 5.32 Å². The Morgan fingerprint density at radius 3 is 2.69 bits per heavy atom. The second kappa shape index (κ2) is 6.11. The third-order valence-electron chi connectivity index (χ3n) is 2.37. The van der Waals surface area contributed by atoms with Crippen LogP contribution in [0.1, 0.15) is 25.5 Å². The number of benzene rings is 1. The summed E-state index contributed by atoms with van der Waals surface area (Å²) >= 11 is 0. The van der Waals surface area contributed by atoms with Crippen molar-refractivity contribution in [1.29, 1.82) is 0 Å². The fourth-order valence-corrected chi connectivity index (χ4v) is 2.50. The van der Waals surface area contributed by atoms with Gasteiger partial charge in [-0.2, -0.15) is 0 Å². The van der Waals surface area contributed by atoms with Gasteiger partial charge in [0.05, 0.1) is 0 Å². The van der Waals surface area contributed by atoms with E-state index in [4.69, 9.17) is 0 Å². The minimum absolute atomic E-state index is 0.0641. The Kier molecular flexibility index (Phi) is 5.09. The molecule has 0 amide bonds. The monoisotopic (exact) mass is 243 g/mol. The van der Waals surface area contributed by atoms with Crippen LogP contribution in [0.4, 0.5) is 4.39 Å². The summed E-state index contributed by atoms with van der Waals surface area (Å²) in [5.74, 6) is 0.387. The molecule has 1 aromatic rings. The van der Waals surface area contributed by atoms with E-state index >= 15 is 0 Å². The standard InChI is InChI=1S/C12H18FNOS/c1-9(8-16(3)15)14-10(2)11-5-4-6-12(13)7-11/h4-7,9-10,14H,8H2,1-3H3. The van der Waals surface area contributed by atoms with Crippen LogP contribution in [0, 0.1) is 5.82 Å². The summed E-state index contributed by atoms with van der Waals surface area (Å²) in [6.45, 7) is 3.96. The lowest BCUT2D eigenvalue weighted by Crippen LogP contribution is -2.33. The molecule has 1 rings (SSSR count). The van der Waals surface area contributed by atoms with Crippen molar-refractivity contribution in [3.05, 3.63) is 35.6 Å². The van der Waals surface area contributed by atoms with Crippen molar-refractivity contribution >= 4 is 10.8 Å². The maximum Gasteiger partial charge on any atom is 0.123 e. The molecule has 0 aromatic heterocycles. The minimum Gasteiger partial charge on any atom is -0.307 e. The van der Waals surface area contributed by atoms with Gasteiger partial charge >= 0.3 is 0 Å². The van der Waals surface area contributed by atoms with E-state index in [1.165, 1.54) is 12.1 Å². The van der Waals surface area contributed by atoms with Crippen molar-refractivity contribution < 1.29 is 8.60 Å². The molecule has 0 aliphatic carbocycles. The number of nitrogens with one attached hydrogen (secondary N) is 1. The van der Waals surface area contributed by atoms with E-state index in [1.807, 2.05) is 19.9 Å². The van der Waals surface area contributed by atoms with Crippen molar-refractivity contribution in [1.82, 2.24) is 5.32 Å². The van der Waals surface area contributed by atoms with E-state index in [1.54, 1.807) is 12.3 Å². The van der Waals surface area contributed by atoms with Crippen molar-refractivity contribution in [3.8, 4) is 0 Å². The number of hydrogen-bond donors (Lipinski definition) is 1. The molecule has 0 saturated carbocycles. The first kappa shape index (κ1) is 13.3. The predicted molar refractivity (Wildman–Crippen MR) is 66.3 cm³/mol. The summed E-state index contributed by atoms with van der Waals surface area (Å²) in [6.07, 6.45) is 1.69. The van der Waals surface area contributed by atoms with Crippen LogP contribution in [-0.4, -0.2) is 22.3 Å². The fourth-order valence-electron chi connectivity index (χ4n) is 1.70. The highest BCUT2D eigenvalue weighted by Crippen LogP contribution is 2.14. The van der Waals surface area contributed by atoms with E-state index in [2.05, 4.69) is 5.32 Å². The molecule has 0 bridgehead atoms. The molecule has 90 valence electrons. The van der Waals surface area contributed by atoms with Crippen molar-refractivity contribution in [2.45, 2.75) is 25.9 Å². The summed E-state index contributed by atoms with van der Waals surface area (Å²) in [5.41, 5.74) is 0.911. The number of hydrogen-bond acceptors (Lipinski definition) is 2. The molecule has 1 aromatic carbocycles. The normalized spacial score (nSPS) is 16.8. The molecule has 0 aliphatic heterocycles. The fraction of sp³-hybridized carbons (Fsp3) is 0.500. The summed E-state index contributed by atoms with van der Waals surface area (Å²) < 4.78 is 24.0. The Balaban J connectivity index is 2.58. The zero-order valence-electron chi connectivity index (χ0n) is 9.87. The topological polar surface area (TPSA) is 29.1 Å². The molecule has 16 heavy (non-hydrogen) atoms. The average molecular weight is 243 g/mol. The van der Waals surface area contributed by atoms with Gasteiger partial charge in [-0.3, -0.25) is 4.21 Å². The lowest BCUT2D eigenvalue weighted by Gasteiger charge is -2.19. The molecule has 1 N–H and O–H groups in total. The summed E-state index contributed by atoms with van der Waals surface area (Å²) in [5, 5.41) is 3.29. The van der Waals surface area contributed by atoms with Gasteiger partial charge in [0.25, 0.3) is 0 Å². The molecule has 0 heterocycles. The number of halogens is 1. The molecule has 2 nitrogen and oxygen atoms in total. The van der Waals surface area contributed by atoms with Crippen LogP contribution in [0.2, 0.25) is 0 Å². The van der Waals surface area contributed by atoms with Crippen LogP contribution >= 0.6 is 0 Å². The summed E-state index contributed by atoms with van der Waals surface area (Å²) in [7, 11) is -0.809. The predicted octanol–water partition coefficient (Wildman–Crippen LogP) is 2.24. The van der Waals surface area contributed by atoms with Gasteiger partial charge in [-0.15, -0.1) is 0 Å². The SMILES string of the molecule is CC(CS(C)=O)NC(C)c1cccc(F)c1. The third kappa shape index (κ3) is 4.41. The summed E-state index contributed by atoms with van der Waals surface area (Å²) in [6, 6.07) is 6.76. The maximum absolute atomic E-state index is 13.0. The molecule has 3 unspecified atom stereocenters. The summed E-state index contributed by atoms with van der Waals surface area (Å²) in [4.78, 5) is 0. The Labute approximate surface area is 98.7 Å². The Hall–Kier alpha value is -0.740. The van der Waals surface area contributed by atoms with Crippen LogP contribution in [0.3, 0.4) is 0 Å². The lowest BCUT2D eigenvalue weighted by atomic mass is 10.1. The Bertz CT molecular complexity index is 370. The van der Waals surface area contributed by atoms with Crippen molar-refractivity contribution in [3.63, 3.8) is 0 Å². The molecule has 0 radical (unpaired) electrons. The van der Waals surface area contributed by atoms with E-state index in [0.717, 1.165) is 5.56 Å². The molecule has 0 saturated heterocycles. The van der Waals surface area contributed by atoms with Gasteiger partial charge in [0, 0.05) is 34.9 Å². The highest BCUT2D eigenvalue weighted by Gasteiger charge is 2.10. The zero-order valence-corrected chi connectivity index (χ0v) is 10.7. The first-order valence-electron chi connectivity index (χ1n) is 5.30. The van der Waals surface area contributed by atoms with Crippen molar-refractivity contribution in [2.24, 2.45) is 0 Å². The third-order valence-corrected chi connectivity index (χ3v) is 3.34. The highest BCUT2D eigenvalue weighted by atomic mass is 32.2. The number of rotatable bonds is 5. The first-order chi connectivity index (χ1) is 7.49. The van der Waals surface area contributed by atoms with Crippen LogP contribution in [0.25, 0.3) is 0 Å². The molecular weight excluding hydrogens is 225 g/mol. The molecule has 3 atom stereocenters. The van der Waals surface area contributed by atoms with Gasteiger partial charge in [-0.05, 0) is 31.5 Å². The van der Waals surface area contributed by atoms with E-state index in [0.29, 0.717) is 5.75 Å². The maximum atomic E-state index is 13.0. The van der Waals surface area contributed by atoms with Gasteiger partial charge in [-0.1, -0.05) is 12.1 Å². The smallest absolute Gasteiger partial charge is 0.123 e. The minimum atomic E-state index is -0.809. The van der Waals surface area contributed by atoms with Crippen LogP contribution in [0.15, 0.2) is 24.3 Å². The van der Waals surface area contributed by atoms with E-state index in [-0.39, 0.29) is 17.9 Å². The van der Waals surface area contributed by atoms with Gasteiger partial charge in [0.1, 0.15) is 5.82 Å². The molecule has 0 spiro atoms. The molecule has 0 aliphatic rings. The van der Waals surface area contributed by atoms with Crippen LogP contribution in [0.5, 0.6) is 0 Å². The average Bonchev–Trinajstić information content (AvgIpc) is 2.16. The van der Waals surface area contributed by atoms with Gasteiger partial charge in [-0.25, -0.2) is 4.39 Å². The van der Waals surface area contributed by atoms with Crippen LogP contribution in [-0.2, 0) is 10.8 Å². The molecule has 4 heteroatoms. The second-order valence-corrected chi connectivity index (χ2v) is 5.56. The van der Waals surface area contributed by atoms with Gasteiger partial charge in [0.15, 0.2) is 0 Å². The molecule has 0 fully saturated rings. The lowest BCUT2D eigenvalue weighted by molar-refractivity contribution is 0.505.